The summed E-state index contributed by atoms with van der Waals surface area (Å²) in [6.45, 7) is 0.310. The minimum Gasteiger partial charge on any atom is -0.412 e. The molecule has 1 fully saturated rings. The lowest BCUT2D eigenvalue weighted by molar-refractivity contribution is 0.360. The van der Waals surface area contributed by atoms with E-state index in [1.54, 1.807) is 0 Å². The molecule has 0 unspecified atom stereocenters. The van der Waals surface area contributed by atoms with Crippen molar-refractivity contribution >= 4 is 10.4 Å². The standard InChI is InChI=1S/C2H4O4S.H2O/c3-7(4)5-1-2-6-7;/h1-2H2;1H2. The maximum absolute atomic E-state index is 9.99. The molecule has 0 saturated carbocycles. The molecule has 6 heteroatoms. The van der Waals surface area contributed by atoms with Gasteiger partial charge in [0.2, 0.25) is 0 Å². The first-order valence-corrected chi connectivity index (χ1v) is 3.08. The van der Waals surface area contributed by atoms with Gasteiger partial charge in [0, 0.05) is 0 Å². The van der Waals surface area contributed by atoms with E-state index < -0.39 is 10.4 Å². The first-order valence-electron chi connectivity index (χ1n) is 1.74. The first-order chi connectivity index (χ1) is 3.21. The van der Waals surface area contributed by atoms with Crippen LogP contribution in [-0.2, 0) is 18.8 Å². The number of rotatable bonds is 0. The third-order valence-electron chi connectivity index (χ3n) is 0.539. The van der Waals surface area contributed by atoms with Crippen LogP contribution in [0.1, 0.15) is 0 Å². The molecule has 50 valence electrons. The molecular formula is C2H6O5S. The van der Waals surface area contributed by atoms with Gasteiger partial charge in [-0.25, -0.2) is 8.37 Å². The van der Waals surface area contributed by atoms with E-state index in [4.69, 9.17) is 0 Å². The van der Waals surface area contributed by atoms with Crippen LogP contribution >= 0.6 is 0 Å². The predicted octanol–water partition coefficient (Wildman–Crippen LogP) is -1.55. The van der Waals surface area contributed by atoms with E-state index in [1.807, 2.05) is 0 Å². The van der Waals surface area contributed by atoms with E-state index in [0.717, 1.165) is 0 Å². The normalized spacial score (nSPS) is 24.5. The molecule has 0 aromatic rings. The smallest absolute Gasteiger partial charge is 0.400 e. The van der Waals surface area contributed by atoms with Crippen LogP contribution in [0.15, 0.2) is 0 Å². The lowest BCUT2D eigenvalue weighted by atomic mass is 10.8. The molecule has 1 heterocycles. The molecule has 2 N–H and O–H groups in total. The molecule has 1 aliphatic heterocycles. The average molecular weight is 142 g/mol. The van der Waals surface area contributed by atoms with Crippen molar-refractivity contribution in [2.45, 2.75) is 0 Å². The fraction of sp³-hybridized carbons (Fsp3) is 1.00. The van der Waals surface area contributed by atoms with Gasteiger partial charge in [0.05, 0.1) is 13.2 Å². The molecule has 1 rings (SSSR count). The van der Waals surface area contributed by atoms with Gasteiger partial charge in [0.15, 0.2) is 0 Å². The van der Waals surface area contributed by atoms with Gasteiger partial charge in [-0.15, -0.1) is 0 Å². The largest absolute Gasteiger partial charge is 0.412 e. The van der Waals surface area contributed by atoms with Crippen molar-refractivity contribution in [3.05, 3.63) is 0 Å². The van der Waals surface area contributed by atoms with Gasteiger partial charge in [0.1, 0.15) is 0 Å². The van der Waals surface area contributed by atoms with Crippen LogP contribution in [0, 0.1) is 0 Å². The number of hydrogen-bond acceptors (Lipinski definition) is 4. The van der Waals surface area contributed by atoms with Crippen LogP contribution in [0.4, 0.5) is 0 Å². The molecule has 0 aromatic heterocycles. The molecule has 0 aliphatic carbocycles. The second-order valence-electron chi connectivity index (χ2n) is 1.05. The topological polar surface area (TPSA) is 84.1 Å². The van der Waals surface area contributed by atoms with Crippen LogP contribution in [-0.4, -0.2) is 27.1 Å². The highest BCUT2D eigenvalue weighted by Gasteiger charge is 2.17. The highest BCUT2D eigenvalue weighted by Crippen LogP contribution is 2.02. The molecule has 1 saturated heterocycles. The van der Waals surface area contributed by atoms with E-state index in [0.29, 0.717) is 0 Å². The second kappa shape index (κ2) is 2.40. The van der Waals surface area contributed by atoms with E-state index in [1.165, 1.54) is 0 Å². The SMILES string of the molecule is O.O=S1(=O)OCCO1. The van der Waals surface area contributed by atoms with Gasteiger partial charge in [0.25, 0.3) is 0 Å². The van der Waals surface area contributed by atoms with E-state index in [-0.39, 0.29) is 18.7 Å². The van der Waals surface area contributed by atoms with Crippen LogP contribution in [0.3, 0.4) is 0 Å². The molecule has 0 amide bonds. The molecule has 5 nitrogen and oxygen atoms in total. The summed E-state index contributed by atoms with van der Waals surface area (Å²) in [5.74, 6) is 0. The zero-order valence-electron chi connectivity index (χ0n) is 3.96. The van der Waals surface area contributed by atoms with Crippen molar-refractivity contribution in [3.8, 4) is 0 Å². The molecular weight excluding hydrogens is 136 g/mol. The minimum atomic E-state index is -3.55. The molecule has 1 aliphatic rings. The second-order valence-corrected chi connectivity index (χ2v) is 2.34. The van der Waals surface area contributed by atoms with E-state index >= 15 is 0 Å². The lowest BCUT2D eigenvalue weighted by Crippen LogP contribution is -1.94. The fourth-order valence-corrected chi connectivity index (χ4v) is 0.919. The van der Waals surface area contributed by atoms with Crippen molar-refractivity contribution in [3.63, 3.8) is 0 Å². The van der Waals surface area contributed by atoms with Gasteiger partial charge < -0.3 is 5.48 Å². The summed E-state index contributed by atoms with van der Waals surface area (Å²) in [4.78, 5) is 0. The van der Waals surface area contributed by atoms with Gasteiger partial charge >= 0.3 is 10.4 Å². The molecule has 0 radical (unpaired) electrons. The summed E-state index contributed by atoms with van der Waals surface area (Å²) in [5, 5.41) is 0. The van der Waals surface area contributed by atoms with Gasteiger partial charge in [-0.3, -0.25) is 0 Å². The Morgan fingerprint density at radius 3 is 1.62 bits per heavy atom. The van der Waals surface area contributed by atoms with E-state index in [9.17, 15) is 8.42 Å². The average Bonchev–Trinajstić information content (AvgIpc) is 1.84. The molecule has 0 atom stereocenters. The zero-order chi connectivity index (χ0) is 5.33. The minimum absolute atomic E-state index is 0. The van der Waals surface area contributed by atoms with Crippen LogP contribution in [0.25, 0.3) is 0 Å². The Bertz CT molecular complexity index is 134. The molecule has 0 spiro atoms. The predicted molar refractivity (Wildman–Crippen MR) is 24.4 cm³/mol. The van der Waals surface area contributed by atoms with Crippen molar-refractivity contribution in [2.24, 2.45) is 0 Å². The Morgan fingerprint density at radius 2 is 1.50 bits per heavy atom. The molecule has 0 aromatic carbocycles. The molecule has 0 bridgehead atoms. The summed E-state index contributed by atoms with van der Waals surface area (Å²) in [6, 6.07) is 0. The summed E-state index contributed by atoms with van der Waals surface area (Å²) in [5.41, 5.74) is 0. The highest BCUT2D eigenvalue weighted by molar-refractivity contribution is 7.82. The van der Waals surface area contributed by atoms with Crippen LogP contribution in [0.5, 0.6) is 0 Å². The Kier molecular flexibility index (Phi) is 2.35. The van der Waals surface area contributed by atoms with Crippen LogP contribution in [0.2, 0.25) is 0 Å². The van der Waals surface area contributed by atoms with E-state index in [2.05, 4.69) is 8.37 Å². The fourth-order valence-electron chi connectivity index (χ4n) is 0.306. The summed E-state index contributed by atoms with van der Waals surface area (Å²) in [6.07, 6.45) is 0. The first kappa shape index (κ1) is 7.83. The lowest BCUT2D eigenvalue weighted by Gasteiger charge is -1.82. The summed E-state index contributed by atoms with van der Waals surface area (Å²) < 4.78 is 28.2. The van der Waals surface area contributed by atoms with Crippen molar-refractivity contribution in [1.29, 1.82) is 0 Å². The van der Waals surface area contributed by atoms with Crippen molar-refractivity contribution < 1.29 is 22.3 Å². The summed E-state index contributed by atoms with van der Waals surface area (Å²) in [7, 11) is -3.55. The van der Waals surface area contributed by atoms with Gasteiger partial charge in [-0.05, 0) is 0 Å². The molecule has 8 heavy (non-hydrogen) atoms. The Labute approximate surface area is 46.8 Å². The summed E-state index contributed by atoms with van der Waals surface area (Å²) >= 11 is 0. The van der Waals surface area contributed by atoms with Gasteiger partial charge in [-0.2, -0.15) is 8.42 Å². The Balaban J connectivity index is 0.000000490. The van der Waals surface area contributed by atoms with Crippen molar-refractivity contribution in [2.75, 3.05) is 13.2 Å². The third-order valence-corrected chi connectivity index (χ3v) is 1.45. The Hall–Kier alpha value is -0.170. The number of hydrogen-bond donors (Lipinski definition) is 0. The van der Waals surface area contributed by atoms with Gasteiger partial charge in [-0.1, -0.05) is 0 Å². The van der Waals surface area contributed by atoms with Crippen LogP contribution < -0.4 is 0 Å². The quantitative estimate of drug-likeness (QED) is 0.410. The highest BCUT2D eigenvalue weighted by atomic mass is 32.3. The zero-order valence-corrected chi connectivity index (χ0v) is 4.77. The Morgan fingerprint density at radius 1 is 1.12 bits per heavy atom. The maximum Gasteiger partial charge on any atom is 0.400 e. The third kappa shape index (κ3) is 1.74. The maximum atomic E-state index is 9.99. The van der Waals surface area contributed by atoms with Crippen molar-refractivity contribution in [1.82, 2.24) is 0 Å². The monoisotopic (exact) mass is 142 g/mol.